The van der Waals surface area contributed by atoms with Gasteiger partial charge >= 0.3 is 0 Å². The predicted octanol–water partition coefficient (Wildman–Crippen LogP) is 3.00. The molecule has 1 nitrogen and oxygen atoms in total. The third-order valence-corrected chi connectivity index (χ3v) is 2.23. The van der Waals surface area contributed by atoms with Gasteiger partial charge in [-0.1, -0.05) is 28.1 Å². The standard InChI is InChI=1S/C9H6BrN/c10-8-4-1-5-9-7(8)3-2-6-11-9/h1-6H/i6D. The van der Waals surface area contributed by atoms with Crippen molar-refractivity contribution in [3.63, 3.8) is 0 Å². The molecule has 0 saturated heterocycles. The highest BCUT2D eigenvalue weighted by molar-refractivity contribution is 9.10. The monoisotopic (exact) mass is 208 g/mol. The minimum atomic E-state index is 0.306. The van der Waals surface area contributed by atoms with Crippen LogP contribution in [0.5, 0.6) is 0 Å². The summed E-state index contributed by atoms with van der Waals surface area (Å²) in [7, 11) is 0. The van der Waals surface area contributed by atoms with Crippen LogP contribution < -0.4 is 0 Å². The second kappa shape index (κ2) is 2.62. The second-order valence-corrected chi connectivity index (χ2v) is 3.10. The van der Waals surface area contributed by atoms with Gasteiger partial charge in [0.1, 0.15) is 0 Å². The number of hydrogen-bond donors (Lipinski definition) is 0. The van der Waals surface area contributed by atoms with Crippen molar-refractivity contribution in [1.29, 1.82) is 0 Å². The summed E-state index contributed by atoms with van der Waals surface area (Å²) < 4.78 is 8.34. The van der Waals surface area contributed by atoms with Gasteiger partial charge < -0.3 is 0 Å². The van der Waals surface area contributed by atoms with Gasteiger partial charge in [0.25, 0.3) is 0 Å². The number of nitrogens with zero attached hydrogens (tertiary/aromatic N) is 1. The highest BCUT2D eigenvalue weighted by atomic mass is 79.9. The van der Waals surface area contributed by atoms with Crippen LogP contribution in [0.15, 0.2) is 41.0 Å². The number of fused-ring (bicyclic) bond motifs is 1. The molecule has 0 bridgehead atoms. The van der Waals surface area contributed by atoms with E-state index < -0.39 is 0 Å². The highest BCUT2D eigenvalue weighted by Crippen LogP contribution is 2.20. The first-order valence-corrected chi connectivity index (χ1v) is 4.08. The third kappa shape index (κ3) is 1.14. The van der Waals surface area contributed by atoms with Gasteiger partial charge in [0.15, 0.2) is 0 Å². The van der Waals surface area contributed by atoms with E-state index in [0.29, 0.717) is 6.17 Å². The Kier molecular flexibility index (Phi) is 1.37. The van der Waals surface area contributed by atoms with E-state index in [-0.39, 0.29) is 0 Å². The van der Waals surface area contributed by atoms with E-state index >= 15 is 0 Å². The molecule has 0 atom stereocenters. The van der Waals surface area contributed by atoms with Crippen LogP contribution in [0.25, 0.3) is 10.9 Å². The molecule has 0 radical (unpaired) electrons. The van der Waals surface area contributed by atoms with Crippen LogP contribution in [-0.2, 0) is 0 Å². The van der Waals surface area contributed by atoms with E-state index in [2.05, 4.69) is 20.9 Å². The molecule has 0 N–H and O–H groups in total. The summed E-state index contributed by atoms with van der Waals surface area (Å²) in [5, 5.41) is 1.05. The Balaban J connectivity index is 2.86. The molecule has 54 valence electrons. The van der Waals surface area contributed by atoms with Gasteiger partial charge in [-0.2, -0.15) is 0 Å². The van der Waals surface area contributed by atoms with Crippen molar-refractivity contribution < 1.29 is 1.37 Å². The Labute approximate surface area is 74.6 Å². The first-order valence-electron chi connectivity index (χ1n) is 3.79. The molecule has 0 spiro atoms. The van der Waals surface area contributed by atoms with Crippen molar-refractivity contribution in [2.75, 3.05) is 0 Å². The van der Waals surface area contributed by atoms with Gasteiger partial charge in [-0.15, -0.1) is 0 Å². The van der Waals surface area contributed by atoms with Crippen molar-refractivity contribution in [1.82, 2.24) is 4.98 Å². The normalized spacial score (nSPS) is 11.5. The predicted molar refractivity (Wildman–Crippen MR) is 49.4 cm³/mol. The molecule has 0 aliphatic carbocycles. The first kappa shape index (κ1) is 5.72. The Hall–Kier alpha value is -0.890. The lowest BCUT2D eigenvalue weighted by atomic mass is 10.2. The fraction of sp³-hybridized carbons (Fsp3) is 0. The Morgan fingerprint density at radius 2 is 2.18 bits per heavy atom. The van der Waals surface area contributed by atoms with E-state index in [1.807, 2.05) is 24.3 Å². The van der Waals surface area contributed by atoms with Crippen LogP contribution in [0, 0.1) is 0 Å². The van der Waals surface area contributed by atoms with Crippen molar-refractivity contribution >= 4 is 26.8 Å². The van der Waals surface area contributed by atoms with Gasteiger partial charge in [0.2, 0.25) is 0 Å². The molecule has 0 saturated carbocycles. The molecule has 0 amide bonds. The smallest absolute Gasteiger partial charge is 0.0840 e. The summed E-state index contributed by atoms with van der Waals surface area (Å²) in [6, 6.07) is 9.37. The maximum atomic E-state index is 7.32. The molecule has 1 aromatic heterocycles. The molecular weight excluding hydrogens is 202 g/mol. The molecule has 0 aliphatic heterocycles. The van der Waals surface area contributed by atoms with E-state index in [9.17, 15) is 0 Å². The molecule has 0 aliphatic rings. The molecule has 1 heterocycles. The van der Waals surface area contributed by atoms with Gasteiger partial charge in [-0.05, 0) is 18.2 Å². The summed E-state index contributed by atoms with van der Waals surface area (Å²) >= 11 is 3.42. The maximum Gasteiger partial charge on any atom is 0.0840 e. The van der Waals surface area contributed by atoms with Crippen LogP contribution in [0.1, 0.15) is 1.37 Å². The van der Waals surface area contributed by atoms with Crippen molar-refractivity contribution in [2.45, 2.75) is 0 Å². The number of hydrogen-bond acceptors (Lipinski definition) is 1. The quantitative estimate of drug-likeness (QED) is 0.649. The zero-order chi connectivity index (χ0) is 8.55. The topological polar surface area (TPSA) is 12.9 Å². The highest BCUT2D eigenvalue weighted by Gasteiger charge is 1.94. The molecule has 2 heteroatoms. The van der Waals surface area contributed by atoms with Crippen molar-refractivity contribution in [2.24, 2.45) is 0 Å². The van der Waals surface area contributed by atoms with Gasteiger partial charge in [-0.3, -0.25) is 4.98 Å². The zero-order valence-corrected chi connectivity index (χ0v) is 7.30. The van der Waals surface area contributed by atoms with Crippen molar-refractivity contribution in [3.05, 3.63) is 41.0 Å². The lowest BCUT2D eigenvalue weighted by Gasteiger charge is -1.96. The fourth-order valence-electron chi connectivity index (χ4n) is 1.02. The van der Waals surface area contributed by atoms with Gasteiger partial charge in [0.05, 0.1) is 6.89 Å². The SMILES string of the molecule is [2H]c1ccc2c(Br)cccc2n1. The summed E-state index contributed by atoms with van der Waals surface area (Å²) in [6.45, 7) is 0. The second-order valence-electron chi connectivity index (χ2n) is 2.25. The number of pyridine rings is 1. The van der Waals surface area contributed by atoms with E-state index in [1.54, 1.807) is 6.07 Å². The van der Waals surface area contributed by atoms with Gasteiger partial charge in [-0.25, -0.2) is 0 Å². The third-order valence-electron chi connectivity index (χ3n) is 1.54. The number of benzene rings is 1. The van der Waals surface area contributed by atoms with Crippen LogP contribution in [-0.4, -0.2) is 4.98 Å². The zero-order valence-electron chi connectivity index (χ0n) is 6.71. The molecule has 2 rings (SSSR count). The number of aromatic nitrogens is 1. The molecule has 2 aromatic rings. The van der Waals surface area contributed by atoms with E-state index in [1.165, 1.54) is 0 Å². The average molecular weight is 209 g/mol. The maximum absolute atomic E-state index is 7.32. The van der Waals surface area contributed by atoms with E-state index in [0.717, 1.165) is 15.4 Å². The summed E-state index contributed by atoms with van der Waals surface area (Å²) in [6.07, 6.45) is 0.306. The molecule has 0 fully saturated rings. The lowest BCUT2D eigenvalue weighted by Crippen LogP contribution is -1.76. The number of rotatable bonds is 0. The summed E-state index contributed by atoms with van der Waals surface area (Å²) in [5.41, 5.74) is 0.858. The molecule has 0 unspecified atom stereocenters. The molecular formula is C9H6BrN. The fourth-order valence-corrected chi connectivity index (χ4v) is 1.50. The largest absolute Gasteiger partial charge is 0.256 e. The Morgan fingerprint density at radius 1 is 1.27 bits per heavy atom. The Bertz CT molecular complexity index is 428. The summed E-state index contributed by atoms with van der Waals surface area (Å²) in [4.78, 5) is 4.07. The van der Waals surface area contributed by atoms with Crippen LogP contribution >= 0.6 is 15.9 Å². The number of halogens is 1. The minimum Gasteiger partial charge on any atom is -0.256 e. The van der Waals surface area contributed by atoms with E-state index in [4.69, 9.17) is 1.37 Å². The summed E-state index contributed by atoms with van der Waals surface area (Å²) in [5.74, 6) is 0. The molecule has 11 heavy (non-hydrogen) atoms. The van der Waals surface area contributed by atoms with Crippen LogP contribution in [0.3, 0.4) is 0 Å². The lowest BCUT2D eigenvalue weighted by molar-refractivity contribution is 1.41. The van der Waals surface area contributed by atoms with Crippen LogP contribution in [0.4, 0.5) is 0 Å². The minimum absolute atomic E-state index is 0.306. The van der Waals surface area contributed by atoms with Crippen LogP contribution in [0.2, 0.25) is 0 Å². The average Bonchev–Trinajstić information content (AvgIpc) is 2.04. The Morgan fingerprint density at radius 3 is 3.09 bits per heavy atom. The van der Waals surface area contributed by atoms with Gasteiger partial charge in [0, 0.05) is 16.0 Å². The molecule has 1 aromatic carbocycles. The van der Waals surface area contributed by atoms with Crippen molar-refractivity contribution in [3.8, 4) is 0 Å². The first-order chi connectivity index (χ1) is 5.77.